The van der Waals surface area contributed by atoms with E-state index in [0.717, 1.165) is 18.4 Å². The maximum absolute atomic E-state index is 12.6. The summed E-state index contributed by atoms with van der Waals surface area (Å²) in [5, 5.41) is 15.7. The predicted molar refractivity (Wildman–Crippen MR) is 80.6 cm³/mol. The van der Waals surface area contributed by atoms with Crippen LogP contribution in [-0.2, 0) is 11.8 Å². The molecule has 3 rings (SSSR count). The average Bonchev–Trinajstić information content (AvgIpc) is 3.15. The molecule has 22 heavy (non-hydrogen) atoms. The standard InChI is InChI=1S/C14H16N4O3S/c1-17-7-9(6-15-17)12-16-10(8-22-12)13(19)18-5-3-2-4-11(18)14(20)21/h6-8,11H,2-5H2,1H3,(H,20,21)/t11-/m0/s1. The molecule has 7 nitrogen and oxygen atoms in total. The van der Waals surface area contributed by atoms with Gasteiger partial charge in [0, 0.05) is 30.7 Å². The van der Waals surface area contributed by atoms with Crippen LogP contribution >= 0.6 is 11.3 Å². The number of amides is 1. The number of aromatic nitrogens is 3. The van der Waals surface area contributed by atoms with Crippen LogP contribution in [0.2, 0.25) is 0 Å². The zero-order chi connectivity index (χ0) is 15.7. The summed E-state index contributed by atoms with van der Waals surface area (Å²) in [5.41, 5.74) is 1.15. The fraction of sp³-hybridized carbons (Fsp3) is 0.429. The van der Waals surface area contributed by atoms with Gasteiger partial charge in [0.2, 0.25) is 0 Å². The average molecular weight is 320 g/mol. The Hall–Kier alpha value is -2.22. The van der Waals surface area contributed by atoms with Crippen LogP contribution in [-0.4, -0.2) is 49.2 Å². The Bertz CT molecular complexity index is 709. The summed E-state index contributed by atoms with van der Waals surface area (Å²) in [5.74, 6) is -1.26. The van der Waals surface area contributed by atoms with E-state index in [0.29, 0.717) is 23.7 Å². The number of nitrogens with zero attached hydrogens (tertiary/aromatic N) is 4. The number of rotatable bonds is 3. The highest BCUT2D eigenvalue weighted by molar-refractivity contribution is 7.13. The van der Waals surface area contributed by atoms with E-state index >= 15 is 0 Å². The van der Waals surface area contributed by atoms with Crippen LogP contribution in [0.1, 0.15) is 29.8 Å². The Morgan fingerprint density at radius 3 is 2.91 bits per heavy atom. The van der Waals surface area contributed by atoms with E-state index in [1.807, 2.05) is 13.2 Å². The molecule has 8 heteroatoms. The maximum Gasteiger partial charge on any atom is 0.326 e. The molecule has 3 heterocycles. The van der Waals surface area contributed by atoms with Gasteiger partial charge in [0.15, 0.2) is 0 Å². The molecular formula is C14H16N4O3S. The van der Waals surface area contributed by atoms with Crippen molar-refractivity contribution in [3.63, 3.8) is 0 Å². The van der Waals surface area contributed by atoms with Gasteiger partial charge < -0.3 is 10.0 Å². The predicted octanol–water partition coefficient (Wildman–Crippen LogP) is 1.62. The number of thiazole rings is 1. The van der Waals surface area contributed by atoms with Crippen LogP contribution in [0.5, 0.6) is 0 Å². The zero-order valence-corrected chi connectivity index (χ0v) is 12.9. The van der Waals surface area contributed by atoms with E-state index in [4.69, 9.17) is 0 Å². The maximum atomic E-state index is 12.6. The van der Waals surface area contributed by atoms with Gasteiger partial charge in [-0.05, 0) is 19.3 Å². The molecule has 116 valence electrons. The first-order valence-corrected chi connectivity index (χ1v) is 7.92. The van der Waals surface area contributed by atoms with Crippen molar-refractivity contribution in [2.45, 2.75) is 25.3 Å². The Morgan fingerprint density at radius 1 is 1.41 bits per heavy atom. The molecule has 0 saturated carbocycles. The van der Waals surface area contributed by atoms with Crippen molar-refractivity contribution in [2.75, 3.05) is 6.54 Å². The van der Waals surface area contributed by atoms with Gasteiger partial charge in [-0.25, -0.2) is 9.78 Å². The van der Waals surface area contributed by atoms with E-state index in [2.05, 4.69) is 10.1 Å². The minimum atomic E-state index is -0.948. The second-order valence-corrected chi connectivity index (χ2v) is 6.15. The van der Waals surface area contributed by atoms with Crippen LogP contribution in [0.25, 0.3) is 10.6 Å². The van der Waals surface area contributed by atoms with Crippen LogP contribution in [0.3, 0.4) is 0 Å². The minimum Gasteiger partial charge on any atom is -0.480 e. The number of carboxylic acid groups (broad SMARTS) is 1. The molecule has 1 saturated heterocycles. The number of piperidine rings is 1. The van der Waals surface area contributed by atoms with E-state index in [1.54, 1.807) is 16.3 Å². The van der Waals surface area contributed by atoms with Gasteiger partial charge in [0.05, 0.1) is 6.20 Å². The van der Waals surface area contributed by atoms with Gasteiger partial charge in [-0.15, -0.1) is 11.3 Å². The lowest BCUT2D eigenvalue weighted by atomic mass is 10.0. The third kappa shape index (κ3) is 2.74. The van der Waals surface area contributed by atoms with Crippen LogP contribution < -0.4 is 0 Å². The smallest absolute Gasteiger partial charge is 0.326 e. The molecule has 0 bridgehead atoms. The minimum absolute atomic E-state index is 0.303. The molecule has 1 aliphatic heterocycles. The van der Waals surface area contributed by atoms with Crippen molar-refractivity contribution in [3.05, 3.63) is 23.5 Å². The SMILES string of the molecule is Cn1cc(-c2nc(C(=O)N3CCCC[C@H]3C(=O)O)cs2)cn1. The van der Waals surface area contributed by atoms with E-state index in [9.17, 15) is 14.7 Å². The second-order valence-electron chi connectivity index (χ2n) is 5.29. The molecule has 2 aromatic heterocycles. The number of aliphatic carboxylic acids is 1. The highest BCUT2D eigenvalue weighted by Crippen LogP contribution is 2.25. The summed E-state index contributed by atoms with van der Waals surface area (Å²) in [6.07, 6.45) is 5.68. The summed E-state index contributed by atoms with van der Waals surface area (Å²) in [4.78, 5) is 29.6. The zero-order valence-electron chi connectivity index (χ0n) is 12.1. The molecular weight excluding hydrogens is 304 g/mol. The van der Waals surface area contributed by atoms with Crippen molar-refractivity contribution in [1.29, 1.82) is 0 Å². The number of hydrogen-bond donors (Lipinski definition) is 1. The first-order valence-electron chi connectivity index (χ1n) is 7.04. The fourth-order valence-electron chi connectivity index (χ4n) is 2.61. The number of carbonyl (C=O) groups excluding carboxylic acids is 1. The fourth-order valence-corrected chi connectivity index (χ4v) is 3.38. The molecule has 1 aliphatic rings. The lowest BCUT2D eigenvalue weighted by molar-refractivity contribution is -0.143. The highest BCUT2D eigenvalue weighted by Gasteiger charge is 2.33. The lowest BCUT2D eigenvalue weighted by Crippen LogP contribution is -2.48. The Balaban J connectivity index is 1.83. The van der Waals surface area contributed by atoms with E-state index in [-0.39, 0.29) is 5.91 Å². The van der Waals surface area contributed by atoms with Crippen molar-refractivity contribution >= 4 is 23.2 Å². The molecule has 1 N–H and O–H groups in total. The van der Waals surface area contributed by atoms with Gasteiger partial charge in [0.1, 0.15) is 16.7 Å². The molecule has 1 fully saturated rings. The number of carbonyl (C=O) groups is 2. The molecule has 1 amide bonds. The molecule has 0 radical (unpaired) electrons. The third-order valence-electron chi connectivity index (χ3n) is 3.72. The molecule has 1 atom stereocenters. The van der Waals surface area contributed by atoms with Gasteiger partial charge in [-0.1, -0.05) is 0 Å². The summed E-state index contributed by atoms with van der Waals surface area (Å²) < 4.78 is 1.67. The summed E-state index contributed by atoms with van der Waals surface area (Å²) in [6.45, 7) is 0.468. The molecule has 0 unspecified atom stereocenters. The van der Waals surface area contributed by atoms with Gasteiger partial charge in [0.25, 0.3) is 5.91 Å². The topological polar surface area (TPSA) is 88.3 Å². The van der Waals surface area contributed by atoms with Crippen molar-refractivity contribution in [3.8, 4) is 10.6 Å². The van der Waals surface area contributed by atoms with E-state index in [1.165, 1.54) is 16.2 Å². The quantitative estimate of drug-likeness (QED) is 0.928. The van der Waals surface area contributed by atoms with E-state index < -0.39 is 12.0 Å². The van der Waals surface area contributed by atoms with Gasteiger partial charge >= 0.3 is 5.97 Å². The first-order chi connectivity index (χ1) is 10.6. The van der Waals surface area contributed by atoms with Crippen LogP contribution in [0.4, 0.5) is 0 Å². The van der Waals surface area contributed by atoms with Crippen molar-refractivity contribution in [2.24, 2.45) is 7.05 Å². The largest absolute Gasteiger partial charge is 0.480 e. The van der Waals surface area contributed by atoms with Crippen molar-refractivity contribution in [1.82, 2.24) is 19.7 Å². The first kappa shape index (κ1) is 14.7. The van der Waals surface area contributed by atoms with Crippen LogP contribution in [0.15, 0.2) is 17.8 Å². The monoisotopic (exact) mass is 320 g/mol. The Labute approximate surface area is 131 Å². The van der Waals surface area contributed by atoms with Gasteiger partial charge in [-0.2, -0.15) is 5.10 Å². The Morgan fingerprint density at radius 2 is 2.23 bits per heavy atom. The highest BCUT2D eigenvalue weighted by atomic mass is 32.1. The molecule has 0 aromatic carbocycles. The normalized spacial score (nSPS) is 18.4. The molecule has 0 aliphatic carbocycles. The summed E-state index contributed by atoms with van der Waals surface area (Å²) in [6, 6.07) is -0.746. The number of aryl methyl sites for hydroxylation is 1. The summed E-state index contributed by atoms with van der Waals surface area (Å²) >= 11 is 1.36. The van der Waals surface area contributed by atoms with Gasteiger partial charge in [-0.3, -0.25) is 9.48 Å². The third-order valence-corrected chi connectivity index (χ3v) is 4.62. The second kappa shape index (κ2) is 5.88. The molecule has 0 spiro atoms. The lowest BCUT2D eigenvalue weighted by Gasteiger charge is -2.32. The number of likely N-dealkylation sites (tertiary alicyclic amines) is 1. The van der Waals surface area contributed by atoms with Crippen molar-refractivity contribution < 1.29 is 14.7 Å². The number of hydrogen-bond acceptors (Lipinski definition) is 5. The molecule has 2 aromatic rings. The summed E-state index contributed by atoms with van der Waals surface area (Å²) in [7, 11) is 1.81. The number of carboxylic acids is 1. The Kier molecular flexibility index (Phi) is 3.93. The van der Waals surface area contributed by atoms with Crippen LogP contribution in [0, 0.1) is 0 Å².